The van der Waals surface area contributed by atoms with Crippen LogP contribution in [0.15, 0.2) is 0 Å². The van der Waals surface area contributed by atoms with Crippen molar-refractivity contribution in [1.29, 1.82) is 0 Å². The molecule has 2 heteroatoms. The van der Waals surface area contributed by atoms with Crippen molar-refractivity contribution >= 4 is 0 Å². The molecule has 0 spiro atoms. The normalized spacial score (nSPS) is 13.6. The van der Waals surface area contributed by atoms with Gasteiger partial charge in [-0.15, -0.1) is 0 Å². The van der Waals surface area contributed by atoms with Gasteiger partial charge < -0.3 is 10.6 Å². The van der Waals surface area contributed by atoms with Crippen LogP contribution in [0.2, 0.25) is 0 Å². The van der Waals surface area contributed by atoms with E-state index in [0.29, 0.717) is 5.92 Å². The first-order valence-electron chi connectivity index (χ1n) is 5.63. The summed E-state index contributed by atoms with van der Waals surface area (Å²) < 4.78 is 0. The van der Waals surface area contributed by atoms with Gasteiger partial charge in [0.15, 0.2) is 0 Å². The van der Waals surface area contributed by atoms with Crippen molar-refractivity contribution in [2.75, 3.05) is 26.7 Å². The quantitative estimate of drug-likeness (QED) is 0.629. The number of hydrogen-bond acceptors (Lipinski definition) is 2. The Balaban J connectivity index is 3.53. The predicted octanol–water partition coefficient (Wildman–Crippen LogP) is 2.09. The van der Waals surface area contributed by atoms with Gasteiger partial charge in [-0.3, -0.25) is 0 Å². The Labute approximate surface area is 83.5 Å². The SMILES string of the molecule is CCCCN(C)CC(CN)CCC. The molecule has 0 fully saturated rings. The van der Waals surface area contributed by atoms with Gasteiger partial charge in [-0.05, 0) is 38.9 Å². The number of unbranched alkanes of at least 4 members (excludes halogenated alkanes) is 1. The first-order chi connectivity index (χ1) is 6.24. The summed E-state index contributed by atoms with van der Waals surface area (Å²) in [6.45, 7) is 7.69. The van der Waals surface area contributed by atoms with E-state index in [9.17, 15) is 0 Å². The average molecular weight is 186 g/mol. The highest BCUT2D eigenvalue weighted by molar-refractivity contribution is 4.63. The first-order valence-corrected chi connectivity index (χ1v) is 5.63. The second-order valence-corrected chi connectivity index (χ2v) is 4.01. The van der Waals surface area contributed by atoms with Crippen molar-refractivity contribution in [2.24, 2.45) is 11.7 Å². The zero-order valence-electron chi connectivity index (χ0n) is 9.55. The predicted molar refractivity (Wildman–Crippen MR) is 59.9 cm³/mol. The van der Waals surface area contributed by atoms with Crippen LogP contribution in [-0.2, 0) is 0 Å². The maximum absolute atomic E-state index is 5.71. The standard InChI is InChI=1S/C11H26N2/c1-4-6-8-13(3)10-11(9-12)7-5-2/h11H,4-10,12H2,1-3H3. The van der Waals surface area contributed by atoms with Crippen molar-refractivity contribution in [3.05, 3.63) is 0 Å². The molecule has 2 nitrogen and oxygen atoms in total. The summed E-state index contributed by atoms with van der Waals surface area (Å²) in [4.78, 5) is 2.41. The lowest BCUT2D eigenvalue weighted by Gasteiger charge is -2.22. The Morgan fingerprint density at radius 3 is 2.38 bits per heavy atom. The van der Waals surface area contributed by atoms with Gasteiger partial charge >= 0.3 is 0 Å². The summed E-state index contributed by atoms with van der Waals surface area (Å²) >= 11 is 0. The third-order valence-corrected chi connectivity index (χ3v) is 2.49. The lowest BCUT2D eigenvalue weighted by atomic mass is 10.0. The molecule has 0 aliphatic rings. The maximum atomic E-state index is 5.71. The minimum atomic E-state index is 0.701. The van der Waals surface area contributed by atoms with Crippen LogP contribution in [0.4, 0.5) is 0 Å². The van der Waals surface area contributed by atoms with Crippen molar-refractivity contribution in [3.63, 3.8) is 0 Å². The molecule has 13 heavy (non-hydrogen) atoms. The summed E-state index contributed by atoms with van der Waals surface area (Å²) in [5.74, 6) is 0.701. The van der Waals surface area contributed by atoms with Crippen molar-refractivity contribution in [2.45, 2.75) is 39.5 Å². The minimum Gasteiger partial charge on any atom is -0.330 e. The number of hydrogen-bond donors (Lipinski definition) is 1. The highest BCUT2D eigenvalue weighted by Crippen LogP contribution is 2.06. The van der Waals surface area contributed by atoms with E-state index < -0.39 is 0 Å². The number of rotatable bonds is 8. The van der Waals surface area contributed by atoms with E-state index in [0.717, 1.165) is 6.54 Å². The molecule has 0 radical (unpaired) electrons. The molecule has 0 heterocycles. The summed E-state index contributed by atoms with van der Waals surface area (Å²) in [5.41, 5.74) is 5.71. The van der Waals surface area contributed by atoms with E-state index >= 15 is 0 Å². The van der Waals surface area contributed by atoms with Gasteiger partial charge in [-0.25, -0.2) is 0 Å². The fourth-order valence-electron chi connectivity index (χ4n) is 1.65. The second-order valence-electron chi connectivity index (χ2n) is 4.01. The van der Waals surface area contributed by atoms with E-state index in [-0.39, 0.29) is 0 Å². The van der Waals surface area contributed by atoms with Crippen molar-refractivity contribution in [1.82, 2.24) is 4.90 Å². The molecule has 0 aliphatic carbocycles. The third-order valence-electron chi connectivity index (χ3n) is 2.49. The van der Waals surface area contributed by atoms with Gasteiger partial charge in [-0.1, -0.05) is 26.7 Å². The zero-order valence-corrected chi connectivity index (χ0v) is 9.55. The Morgan fingerprint density at radius 1 is 1.23 bits per heavy atom. The molecule has 0 aromatic rings. The molecule has 0 amide bonds. The Morgan fingerprint density at radius 2 is 1.92 bits per heavy atom. The smallest absolute Gasteiger partial charge is 0.00187 e. The molecule has 80 valence electrons. The summed E-state index contributed by atoms with van der Waals surface area (Å²) in [7, 11) is 2.20. The lowest BCUT2D eigenvalue weighted by Crippen LogP contribution is -2.30. The molecule has 0 bridgehead atoms. The summed E-state index contributed by atoms with van der Waals surface area (Å²) in [6.07, 6.45) is 5.11. The molecule has 1 unspecified atom stereocenters. The molecule has 0 aliphatic heterocycles. The Kier molecular flexibility index (Phi) is 8.46. The number of nitrogens with two attached hydrogens (primary N) is 1. The molecule has 2 N–H and O–H groups in total. The van der Waals surface area contributed by atoms with Gasteiger partial charge in [0.05, 0.1) is 0 Å². The molecule has 0 aromatic heterocycles. The van der Waals surface area contributed by atoms with E-state index in [2.05, 4.69) is 25.8 Å². The van der Waals surface area contributed by atoms with Crippen LogP contribution < -0.4 is 5.73 Å². The van der Waals surface area contributed by atoms with Crippen LogP contribution in [0.25, 0.3) is 0 Å². The zero-order chi connectivity index (χ0) is 10.1. The lowest BCUT2D eigenvalue weighted by molar-refractivity contribution is 0.266. The van der Waals surface area contributed by atoms with Gasteiger partial charge in [0.1, 0.15) is 0 Å². The van der Waals surface area contributed by atoms with E-state index in [1.807, 2.05) is 0 Å². The van der Waals surface area contributed by atoms with E-state index in [4.69, 9.17) is 5.73 Å². The highest BCUT2D eigenvalue weighted by atomic mass is 15.1. The van der Waals surface area contributed by atoms with Crippen LogP contribution in [0.1, 0.15) is 39.5 Å². The van der Waals surface area contributed by atoms with E-state index in [1.54, 1.807) is 0 Å². The van der Waals surface area contributed by atoms with Crippen LogP contribution in [-0.4, -0.2) is 31.6 Å². The van der Waals surface area contributed by atoms with Crippen LogP contribution in [0.3, 0.4) is 0 Å². The largest absolute Gasteiger partial charge is 0.330 e. The van der Waals surface area contributed by atoms with Gasteiger partial charge in [0, 0.05) is 6.54 Å². The fraction of sp³-hybridized carbons (Fsp3) is 1.00. The monoisotopic (exact) mass is 186 g/mol. The Hall–Kier alpha value is -0.0800. The van der Waals surface area contributed by atoms with E-state index in [1.165, 1.54) is 38.8 Å². The topological polar surface area (TPSA) is 29.3 Å². The molecule has 0 aromatic carbocycles. The van der Waals surface area contributed by atoms with Crippen LogP contribution >= 0.6 is 0 Å². The molecule has 1 atom stereocenters. The first kappa shape index (κ1) is 12.9. The Bertz CT molecular complexity index is 104. The molecular formula is C11H26N2. The van der Waals surface area contributed by atoms with Crippen molar-refractivity contribution in [3.8, 4) is 0 Å². The van der Waals surface area contributed by atoms with Crippen LogP contribution in [0, 0.1) is 5.92 Å². The molecule has 0 saturated carbocycles. The fourth-order valence-corrected chi connectivity index (χ4v) is 1.65. The molecule has 0 rings (SSSR count). The minimum absolute atomic E-state index is 0.701. The maximum Gasteiger partial charge on any atom is 0.00187 e. The van der Waals surface area contributed by atoms with Crippen molar-refractivity contribution < 1.29 is 0 Å². The van der Waals surface area contributed by atoms with Gasteiger partial charge in [0.2, 0.25) is 0 Å². The summed E-state index contributed by atoms with van der Waals surface area (Å²) in [5, 5.41) is 0. The van der Waals surface area contributed by atoms with Crippen LogP contribution in [0.5, 0.6) is 0 Å². The highest BCUT2D eigenvalue weighted by Gasteiger charge is 2.08. The third kappa shape index (κ3) is 7.03. The average Bonchev–Trinajstić information content (AvgIpc) is 2.14. The second kappa shape index (κ2) is 8.52. The summed E-state index contributed by atoms with van der Waals surface area (Å²) in [6, 6.07) is 0. The molecular weight excluding hydrogens is 160 g/mol. The van der Waals surface area contributed by atoms with Gasteiger partial charge in [0.25, 0.3) is 0 Å². The number of nitrogens with zero attached hydrogens (tertiary/aromatic N) is 1. The van der Waals surface area contributed by atoms with Gasteiger partial charge in [-0.2, -0.15) is 0 Å². The molecule has 0 saturated heterocycles.